The third kappa shape index (κ3) is 16.2. The normalized spacial score (nSPS) is 16.7. The third-order valence-corrected chi connectivity index (χ3v) is 12.3. The zero-order valence-corrected chi connectivity index (χ0v) is 40.7. The topological polar surface area (TPSA) is 380 Å². The molecule has 9 atom stereocenters. The number of aliphatic hydroxyl groups excluding tert-OH is 2. The van der Waals surface area contributed by atoms with Gasteiger partial charge in [-0.3, -0.25) is 38.4 Å². The number of nitrogens with two attached hydrogens (primary N) is 1. The highest BCUT2D eigenvalue weighted by molar-refractivity contribution is 5.98. The molecule has 2 aromatic carbocycles. The molecule has 14 N–H and O–H groups in total. The molecule has 0 radical (unpaired) electrons. The van der Waals surface area contributed by atoms with Crippen LogP contribution in [0.4, 0.5) is 0 Å². The molecule has 0 aliphatic carbocycles. The summed E-state index contributed by atoms with van der Waals surface area (Å²) < 4.78 is 0. The summed E-state index contributed by atoms with van der Waals surface area (Å²) in [4.78, 5) is 132. The number of hydrogen-bond donors (Lipinski definition) is 13. The van der Waals surface area contributed by atoms with Gasteiger partial charge in [-0.2, -0.15) is 0 Å². The van der Waals surface area contributed by atoms with E-state index in [1.807, 2.05) is 18.2 Å². The number of hydrogen-bond acceptors (Lipinski definition) is 13. The minimum absolute atomic E-state index is 0.0137. The molecule has 1 fully saturated rings. The Morgan fingerprint density at radius 3 is 1.99 bits per heavy atom. The molecule has 4 aromatic rings. The standard InChI is InChI=1S/C49H65N11O13/c1-26(2)18-35(44(67)57-37(48(71)60-17-9-14-39(60)49(72)73)20-29-22-52-33-13-8-7-12-31(29)33)56-43(66)34(15-16-40(63)64)54-47(70)41(27(3)62)59-46(69)38(24-61)58-45(68)36(21-30-23-51-25-53-30)55-42(65)32(50)19-28-10-5-4-6-11-28/h4-8,10-13,22-23,25-27,32,34-39,41,52,61-62H,9,14-21,24,50H2,1-3H3,(H,51,53)(H,54,70)(H,55,65)(H,56,66)(H,57,67)(H,58,68)(H,59,69)(H,63,64)(H,72,73)/t27-,32+,34+,35+,36+,37+,38+,39+,41+/m1/s1. The Kier molecular flexibility index (Phi) is 20.5. The fraction of sp³-hybridized carbons (Fsp3) is 0.469. The van der Waals surface area contributed by atoms with Crippen molar-refractivity contribution in [3.63, 3.8) is 0 Å². The van der Waals surface area contributed by atoms with Gasteiger partial charge in [-0.05, 0) is 62.1 Å². The van der Waals surface area contributed by atoms with Gasteiger partial charge in [-0.15, -0.1) is 0 Å². The molecule has 73 heavy (non-hydrogen) atoms. The Morgan fingerprint density at radius 2 is 1.34 bits per heavy atom. The first-order valence-electron chi connectivity index (χ1n) is 23.9. The molecule has 1 aliphatic heterocycles. The minimum Gasteiger partial charge on any atom is -0.481 e. The van der Waals surface area contributed by atoms with E-state index in [2.05, 4.69) is 46.9 Å². The molecule has 394 valence electrons. The smallest absolute Gasteiger partial charge is 0.326 e. The Hall–Kier alpha value is -7.70. The number of H-pyrrole nitrogens is 2. The fourth-order valence-corrected chi connectivity index (χ4v) is 8.44. The SMILES string of the molecule is CC(C)C[C@H](NC(=O)[C@H](CCC(=O)O)NC(=O)[C@@H](NC(=O)[C@H](CO)NC(=O)[C@H](Cc1cnc[nH]1)NC(=O)[C@@H](N)Cc1ccccc1)[C@@H](C)O)C(=O)N[C@@H](Cc1c[nH]c2ccccc12)C(=O)N1CCC[C@H]1C(=O)O. The molecule has 5 rings (SSSR count). The number of nitrogens with one attached hydrogen (secondary N) is 8. The third-order valence-electron chi connectivity index (χ3n) is 12.3. The number of para-hydroxylation sites is 1. The van der Waals surface area contributed by atoms with Crippen LogP contribution < -0.4 is 37.6 Å². The van der Waals surface area contributed by atoms with Crippen molar-refractivity contribution in [2.45, 2.75) is 127 Å². The van der Waals surface area contributed by atoms with Gasteiger partial charge in [0.25, 0.3) is 0 Å². The number of benzene rings is 2. The van der Waals surface area contributed by atoms with Crippen LogP contribution in [0.25, 0.3) is 10.9 Å². The number of likely N-dealkylation sites (tertiary alicyclic amines) is 1. The molecule has 0 spiro atoms. The largest absolute Gasteiger partial charge is 0.481 e. The van der Waals surface area contributed by atoms with Crippen LogP contribution in [0.2, 0.25) is 0 Å². The lowest BCUT2D eigenvalue weighted by molar-refractivity contribution is -0.149. The molecule has 1 saturated heterocycles. The van der Waals surface area contributed by atoms with Crippen LogP contribution in [0.1, 0.15) is 69.7 Å². The summed E-state index contributed by atoms with van der Waals surface area (Å²) in [5.41, 5.74) is 8.74. The minimum atomic E-state index is -1.87. The Labute approximate surface area is 420 Å². The van der Waals surface area contributed by atoms with Crippen molar-refractivity contribution in [2.24, 2.45) is 11.7 Å². The monoisotopic (exact) mass is 1020 g/mol. The number of aromatic amines is 2. The molecule has 24 heteroatoms. The van der Waals surface area contributed by atoms with Crippen LogP contribution in [-0.2, 0) is 62.4 Å². The summed E-state index contributed by atoms with van der Waals surface area (Å²) in [6.07, 6.45) is 2.07. The lowest BCUT2D eigenvalue weighted by Gasteiger charge is -2.30. The molecular formula is C49H65N11O13. The van der Waals surface area contributed by atoms with Gasteiger partial charge in [0.15, 0.2) is 0 Å². The van der Waals surface area contributed by atoms with E-state index in [9.17, 15) is 63.6 Å². The number of carbonyl (C=O) groups is 9. The van der Waals surface area contributed by atoms with Crippen LogP contribution in [0, 0.1) is 5.92 Å². The molecule has 1 aliphatic rings. The predicted molar refractivity (Wildman–Crippen MR) is 261 cm³/mol. The van der Waals surface area contributed by atoms with Crippen molar-refractivity contribution >= 4 is 64.2 Å². The summed E-state index contributed by atoms with van der Waals surface area (Å²) in [6, 6.07) is 4.56. The number of carboxylic acid groups (broad SMARTS) is 2. The summed E-state index contributed by atoms with van der Waals surface area (Å²) in [5.74, 6) is -9.35. The van der Waals surface area contributed by atoms with Crippen molar-refractivity contribution in [1.82, 2.24) is 51.8 Å². The van der Waals surface area contributed by atoms with Gasteiger partial charge in [0.1, 0.15) is 42.3 Å². The van der Waals surface area contributed by atoms with Crippen molar-refractivity contribution in [3.05, 3.63) is 90.1 Å². The average Bonchev–Trinajstić information content (AvgIpc) is 4.15. The quantitative estimate of drug-likeness (QED) is 0.0324. The number of fused-ring (bicyclic) bond motifs is 1. The number of aromatic nitrogens is 3. The van der Waals surface area contributed by atoms with Crippen LogP contribution in [0.3, 0.4) is 0 Å². The van der Waals surface area contributed by atoms with E-state index in [1.165, 1.54) is 17.4 Å². The number of nitrogens with zero attached hydrogens (tertiary/aromatic N) is 2. The number of carboxylic acids is 2. The Bertz CT molecular complexity index is 2550. The number of imidazole rings is 1. The van der Waals surface area contributed by atoms with E-state index in [4.69, 9.17) is 5.73 Å². The zero-order valence-electron chi connectivity index (χ0n) is 40.7. The number of carbonyl (C=O) groups excluding carboxylic acids is 7. The van der Waals surface area contributed by atoms with Gasteiger partial charge in [0, 0.05) is 54.8 Å². The van der Waals surface area contributed by atoms with Gasteiger partial charge in [0.05, 0.1) is 25.1 Å². The van der Waals surface area contributed by atoms with Crippen LogP contribution in [0.15, 0.2) is 73.3 Å². The van der Waals surface area contributed by atoms with Crippen molar-refractivity contribution in [2.75, 3.05) is 13.2 Å². The van der Waals surface area contributed by atoms with Crippen molar-refractivity contribution in [1.29, 1.82) is 0 Å². The lowest BCUT2D eigenvalue weighted by atomic mass is 9.99. The van der Waals surface area contributed by atoms with Gasteiger partial charge in [-0.1, -0.05) is 62.4 Å². The van der Waals surface area contributed by atoms with E-state index < -0.39 is 127 Å². The summed E-state index contributed by atoms with van der Waals surface area (Å²) in [5, 5.41) is 56.0. The Balaban J connectivity index is 1.30. The van der Waals surface area contributed by atoms with E-state index >= 15 is 0 Å². The molecule has 2 aromatic heterocycles. The summed E-state index contributed by atoms with van der Waals surface area (Å²) >= 11 is 0. The van der Waals surface area contributed by atoms with Crippen LogP contribution >= 0.6 is 0 Å². The molecule has 3 heterocycles. The second-order valence-corrected chi connectivity index (χ2v) is 18.4. The van der Waals surface area contributed by atoms with E-state index in [0.717, 1.165) is 23.4 Å². The highest BCUT2D eigenvalue weighted by atomic mass is 16.4. The van der Waals surface area contributed by atoms with Crippen molar-refractivity contribution in [3.8, 4) is 0 Å². The zero-order chi connectivity index (χ0) is 53.4. The number of amides is 7. The maximum atomic E-state index is 14.3. The second-order valence-electron chi connectivity index (χ2n) is 18.4. The van der Waals surface area contributed by atoms with E-state index in [-0.39, 0.29) is 44.6 Å². The first-order chi connectivity index (χ1) is 34.8. The number of rotatable bonds is 27. The summed E-state index contributed by atoms with van der Waals surface area (Å²) in [7, 11) is 0. The fourth-order valence-electron chi connectivity index (χ4n) is 8.44. The first-order valence-corrected chi connectivity index (χ1v) is 23.9. The van der Waals surface area contributed by atoms with Crippen molar-refractivity contribution < 1.29 is 63.6 Å². The Morgan fingerprint density at radius 1 is 0.726 bits per heavy atom. The predicted octanol–water partition coefficient (Wildman–Crippen LogP) is -1.49. The van der Waals surface area contributed by atoms with E-state index in [0.29, 0.717) is 17.7 Å². The highest BCUT2D eigenvalue weighted by Crippen LogP contribution is 2.23. The molecule has 24 nitrogen and oxygen atoms in total. The van der Waals surface area contributed by atoms with E-state index in [1.54, 1.807) is 56.4 Å². The van der Waals surface area contributed by atoms with Gasteiger partial charge >= 0.3 is 11.9 Å². The first kappa shape index (κ1) is 56.2. The average molecular weight is 1020 g/mol. The molecular weight excluding hydrogens is 951 g/mol. The molecule has 0 saturated carbocycles. The lowest BCUT2D eigenvalue weighted by Crippen LogP contribution is -2.62. The summed E-state index contributed by atoms with van der Waals surface area (Å²) in [6.45, 7) is 3.73. The van der Waals surface area contributed by atoms with Gasteiger partial charge in [-0.25, -0.2) is 9.78 Å². The molecule has 7 amide bonds. The maximum Gasteiger partial charge on any atom is 0.326 e. The van der Waals surface area contributed by atoms with Crippen LogP contribution in [0.5, 0.6) is 0 Å². The molecule has 0 unspecified atom stereocenters. The number of aliphatic carboxylic acids is 2. The number of aliphatic hydroxyl groups is 2. The second kappa shape index (κ2) is 26.7. The highest BCUT2D eigenvalue weighted by Gasteiger charge is 2.40. The van der Waals surface area contributed by atoms with Gasteiger partial charge < -0.3 is 72.9 Å². The van der Waals surface area contributed by atoms with Crippen LogP contribution in [-0.4, -0.2) is 161 Å². The maximum absolute atomic E-state index is 14.3. The van der Waals surface area contributed by atoms with Gasteiger partial charge in [0.2, 0.25) is 41.4 Å². The molecule has 0 bridgehead atoms.